The molecule has 7 heteroatoms. The minimum atomic E-state index is -0.788. The Bertz CT molecular complexity index is 284. The van der Waals surface area contributed by atoms with Gasteiger partial charge >= 0.3 is 57.4 Å². The summed E-state index contributed by atoms with van der Waals surface area (Å²) in [5.74, 6) is -1.60. The van der Waals surface area contributed by atoms with Gasteiger partial charge in [-0.2, -0.15) is 0 Å². The van der Waals surface area contributed by atoms with Crippen molar-refractivity contribution in [1.82, 2.24) is 0 Å². The second-order valence-electron chi connectivity index (χ2n) is 3.19. The SMILES string of the molecule is [CH2-]C(=O)OCC(COC(=O)CC)OC(=O)CC.[H-].[Sr+2]. The standard InChI is InChI=1S/C11H17O6.Sr.H/c1-4-10(13)16-7-9(6-15-8(3)12)17-11(14)5-2;;/h9H,3-7H2,1-2H3;;/q-1;+2;-1. The van der Waals surface area contributed by atoms with Gasteiger partial charge in [-0.25, -0.2) is 0 Å². The molecule has 0 aromatic rings. The average molecular weight is 334 g/mol. The van der Waals surface area contributed by atoms with Crippen LogP contribution in [0.5, 0.6) is 0 Å². The van der Waals surface area contributed by atoms with Gasteiger partial charge in [0.15, 0.2) is 12.1 Å². The van der Waals surface area contributed by atoms with Crippen molar-refractivity contribution in [3.63, 3.8) is 0 Å². The molecule has 0 aromatic heterocycles. The van der Waals surface area contributed by atoms with Gasteiger partial charge in [-0.3, -0.25) is 21.3 Å². The molecule has 0 fully saturated rings. The van der Waals surface area contributed by atoms with E-state index in [0.717, 1.165) is 0 Å². The van der Waals surface area contributed by atoms with E-state index >= 15 is 0 Å². The second-order valence-corrected chi connectivity index (χ2v) is 3.19. The molecule has 18 heavy (non-hydrogen) atoms. The van der Waals surface area contributed by atoms with Gasteiger partial charge in [0, 0.05) is 12.8 Å². The first kappa shape index (κ1) is 20.1. The van der Waals surface area contributed by atoms with Gasteiger partial charge in [0.05, 0.1) is 0 Å². The normalized spacial score (nSPS) is 10.8. The zero-order valence-corrected chi connectivity index (χ0v) is 14.2. The van der Waals surface area contributed by atoms with Crippen LogP contribution in [0.4, 0.5) is 0 Å². The Morgan fingerprint density at radius 3 is 2.00 bits per heavy atom. The second kappa shape index (κ2) is 11.8. The van der Waals surface area contributed by atoms with Crippen LogP contribution in [0.1, 0.15) is 28.1 Å². The molecule has 0 aliphatic heterocycles. The summed E-state index contributed by atoms with van der Waals surface area (Å²) in [7, 11) is 0. The fourth-order valence-electron chi connectivity index (χ4n) is 0.859. The van der Waals surface area contributed by atoms with Gasteiger partial charge in [0.1, 0.15) is 13.2 Å². The number of carbonyl (C=O) groups is 3. The number of hydrogen-bond donors (Lipinski definition) is 0. The van der Waals surface area contributed by atoms with Crippen LogP contribution in [0.25, 0.3) is 0 Å². The predicted octanol–water partition coefficient (Wildman–Crippen LogP) is 0.370. The van der Waals surface area contributed by atoms with Crippen LogP contribution in [-0.2, 0) is 28.6 Å². The molecule has 0 aromatic carbocycles. The van der Waals surface area contributed by atoms with Gasteiger partial charge in [0.2, 0.25) is 0 Å². The van der Waals surface area contributed by atoms with Crippen molar-refractivity contribution in [2.45, 2.75) is 32.8 Å². The van der Waals surface area contributed by atoms with Crippen LogP contribution in [0, 0.1) is 6.92 Å². The van der Waals surface area contributed by atoms with Crippen LogP contribution in [0.15, 0.2) is 0 Å². The molecule has 1 unspecified atom stereocenters. The van der Waals surface area contributed by atoms with Gasteiger partial charge < -0.3 is 15.6 Å². The van der Waals surface area contributed by atoms with Crippen molar-refractivity contribution in [3.05, 3.63) is 6.92 Å². The van der Waals surface area contributed by atoms with Crippen molar-refractivity contribution < 1.29 is 30.0 Å². The van der Waals surface area contributed by atoms with Gasteiger partial charge in [-0.05, 0) is 0 Å². The van der Waals surface area contributed by atoms with Crippen molar-refractivity contribution in [2.75, 3.05) is 13.2 Å². The summed E-state index contributed by atoms with van der Waals surface area (Å²) in [6, 6.07) is 0. The van der Waals surface area contributed by atoms with Crippen LogP contribution >= 0.6 is 0 Å². The number of hydrogen-bond acceptors (Lipinski definition) is 6. The van der Waals surface area contributed by atoms with Crippen LogP contribution in [0.3, 0.4) is 0 Å². The maximum absolute atomic E-state index is 11.1. The molecule has 0 radical (unpaired) electrons. The number of esters is 3. The molecule has 6 nitrogen and oxygen atoms in total. The molecular weight excluding hydrogens is 316 g/mol. The molecular formula is C11H18O6Sr. The molecule has 0 saturated heterocycles. The molecule has 1 atom stereocenters. The molecule has 0 spiro atoms. The summed E-state index contributed by atoms with van der Waals surface area (Å²) in [5.41, 5.74) is 0. The number of rotatable bonds is 7. The van der Waals surface area contributed by atoms with Crippen molar-refractivity contribution in [3.8, 4) is 0 Å². The topological polar surface area (TPSA) is 78.9 Å². The molecule has 0 N–H and O–H groups in total. The average Bonchev–Trinajstić information content (AvgIpc) is 2.31. The first-order chi connectivity index (χ1) is 7.99. The van der Waals surface area contributed by atoms with E-state index in [1.54, 1.807) is 13.8 Å². The molecule has 0 bridgehead atoms. The summed E-state index contributed by atoms with van der Waals surface area (Å²) in [6.07, 6.45) is -0.372. The zero-order chi connectivity index (χ0) is 13.3. The Labute approximate surface area is 145 Å². The molecule has 100 valence electrons. The number of carbonyl (C=O) groups excluding carboxylic acids is 3. The van der Waals surface area contributed by atoms with E-state index in [1.165, 1.54) is 0 Å². The van der Waals surface area contributed by atoms with E-state index < -0.39 is 24.0 Å². The quantitative estimate of drug-likeness (QED) is 0.290. The largest absolute Gasteiger partial charge is 2.00 e. The summed E-state index contributed by atoms with van der Waals surface area (Å²) in [5, 5.41) is 0. The molecule has 0 amide bonds. The monoisotopic (exact) mass is 334 g/mol. The summed E-state index contributed by atoms with van der Waals surface area (Å²) in [4.78, 5) is 32.5. The minimum absolute atomic E-state index is 0. The first-order valence-electron chi connectivity index (χ1n) is 5.33. The Morgan fingerprint density at radius 2 is 1.56 bits per heavy atom. The Morgan fingerprint density at radius 1 is 1.06 bits per heavy atom. The molecule has 0 aliphatic rings. The summed E-state index contributed by atoms with van der Waals surface area (Å²) < 4.78 is 14.3. The Balaban J connectivity index is -0.00000128. The van der Waals surface area contributed by atoms with Crippen LogP contribution < -0.4 is 0 Å². The van der Waals surface area contributed by atoms with Crippen LogP contribution in [0.2, 0.25) is 0 Å². The van der Waals surface area contributed by atoms with Crippen molar-refractivity contribution in [2.24, 2.45) is 0 Å². The summed E-state index contributed by atoms with van der Waals surface area (Å²) in [6.45, 7) is 5.98. The zero-order valence-electron chi connectivity index (χ0n) is 11.8. The Kier molecular flexibility index (Phi) is 13.2. The van der Waals surface area contributed by atoms with Gasteiger partial charge in [-0.15, -0.1) is 0 Å². The van der Waals surface area contributed by atoms with Gasteiger partial charge in [0.25, 0.3) is 0 Å². The van der Waals surface area contributed by atoms with E-state index in [0.29, 0.717) is 0 Å². The van der Waals surface area contributed by atoms with Gasteiger partial charge in [-0.1, -0.05) is 13.8 Å². The third-order valence-electron chi connectivity index (χ3n) is 1.74. The maximum Gasteiger partial charge on any atom is 2.00 e. The van der Waals surface area contributed by atoms with E-state index in [2.05, 4.69) is 11.7 Å². The molecule has 0 saturated carbocycles. The fourth-order valence-corrected chi connectivity index (χ4v) is 0.859. The number of ether oxygens (including phenoxy) is 3. The van der Waals surface area contributed by atoms with Crippen molar-refractivity contribution >= 4 is 63.4 Å². The van der Waals surface area contributed by atoms with E-state index in [9.17, 15) is 14.4 Å². The van der Waals surface area contributed by atoms with Crippen molar-refractivity contribution in [1.29, 1.82) is 0 Å². The fraction of sp³-hybridized carbons (Fsp3) is 0.636. The van der Waals surface area contributed by atoms with E-state index in [-0.39, 0.29) is 73.0 Å². The first-order valence-corrected chi connectivity index (χ1v) is 5.33. The third kappa shape index (κ3) is 10.9. The van der Waals surface area contributed by atoms with Crippen LogP contribution in [-0.4, -0.2) is 82.7 Å². The van der Waals surface area contributed by atoms with E-state index in [4.69, 9.17) is 9.47 Å². The minimum Gasteiger partial charge on any atom is -1.00 e. The van der Waals surface area contributed by atoms with E-state index in [1.807, 2.05) is 0 Å². The smallest absolute Gasteiger partial charge is 1.00 e. The maximum atomic E-state index is 11.1. The molecule has 0 rings (SSSR count). The third-order valence-corrected chi connectivity index (χ3v) is 1.74. The molecule has 0 aliphatic carbocycles. The Hall–Kier alpha value is -0.239. The molecule has 0 heterocycles. The predicted molar refractivity (Wildman–Crippen MR) is 64.6 cm³/mol. The summed E-state index contributed by atoms with van der Waals surface area (Å²) >= 11 is 0.